The van der Waals surface area contributed by atoms with Gasteiger partial charge >= 0.3 is 5.97 Å². The van der Waals surface area contributed by atoms with Crippen molar-refractivity contribution in [2.24, 2.45) is 5.92 Å². The van der Waals surface area contributed by atoms with E-state index in [2.05, 4.69) is 5.32 Å². The fourth-order valence-electron chi connectivity index (χ4n) is 2.77. The molecule has 128 valence electrons. The molecule has 1 aromatic rings. The summed E-state index contributed by atoms with van der Waals surface area (Å²) in [6, 6.07) is 7.39. The van der Waals surface area contributed by atoms with E-state index in [9.17, 15) is 9.59 Å². The number of nitrogens with one attached hydrogen (secondary N) is 1. The molecule has 6 nitrogen and oxygen atoms in total. The lowest BCUT2D eigenvalue weighted by Gasteiger charge is -2.20. The Kier molecular flexibility index (Phi) is 7.32. The van der Waals surface area contributed by atoms with E-state index in [4.69, 9.17) is 9.84 Å². The number of hydrogen-bond donors (Lipinski definition) is 2. The Balaban J connectivity index is 0.00000264. The van der Waals surface area contributed by atoms with Gasteiger partial charge in [-0.3, -0.25) is 14.5 Å². The maximum absolute atomic E-state index is 12.1. The van der Waals surface area contributed by atoms with Gasteiger partial charge in [-0.15, -0.1) is 12.4 Å². The molecule has 1 saturated heterocycles. The summed E-state index contributed by atoms with van der Waals surface area (Å²) in [6.45, 7) is 3.21. The highest BCUT2D eigenvalue weighted by atomic mass is 35.5. The Morgan fingerprint density at radius 2 is 2.13 bits per heavy atom. The zero-order chi connectivity index (χ0) is 16.1. The second-order valence-corrected chi connectivity index (χ2v) is 5.59. The van der Waals surface area contributed by atoms with Crippen molar-refractivity contribution in [3.8, 4) is 5.75 Å². The lowest BCUT2D eigenvalue weighted by Crippen LogP contribution is -2.37. The van der Waals surface area contributed by atoms with Crippen LogP contribution < -0.4 is 10.1 Å². The summed E-state index contributed by atoms with van der Waals surface area (Å²) < 4.78 is 5.29. The molecule has 23 heavy (non-hydrogen) atoms. The van der Waals surface area contributed by atoms with Crippen molar-refractivity contribution < 1.29 is 19.4 Å². The van der Waals surface area contributed by atoms with E-state index in [0.29, 0.717) is 19.5 Å². The third kappa shape index (κ3) is 5.11. The smallest absolute Gasteiger partial charge is 0.307 e. The lowest BCUT2D eigenvalue weighted by molar-refractivity contribution is -0.141. The normalized spacial score (nSPS) is 18.8. The standard InChI is InChI=1S/C16H22N2O4.ClH/c1-11(13-5-3-4-6-14(13)22-2)17-15(19)10-18-8-7-12(9-18)16(20)21;/h3-6,11-12H,7-10H2,1-2H3,(H,17,19)(H,20,21);1H. The average Bonchev–Trinajstić information content (AvgIpc) is 2.95. The summed E-state index contributed by atoms with van der Waals surface area (Å²) in [7, 11) is 1.60. The highest BCUT2D eigenvalue weighted by Gasteiger charge is 2.29. The molecule has 1 aliphatic rings. The first-order valence-electron chi connectivity index (χ1n) is 7.38. The Bertz CT molecular complexity index is 553. The first-order valence-corrected chi connectivity index (χ1v) is 7.38. The maximum Gasteiger partial charge on any atom is 0.307 e. The first kappa shape index (κ1) is 19.3. The molecule has 1 fully saturated rings. The second kappa shape index (κ2) is 8.74. The molecular weight excluding hydrogens is 320 g/mol. The quantitative estimate of drug-likeness (QED) is 0.822. The SMILES string of the molecule is COc1ccccc1C(C)NC(=O)CN1CCC(C(=O)O)C1.Cl. The van der Waals surface area contributed by atoms with Crippen LogP contribution in [-0.4, -0.2) is 48.6 Å². The van der Waals surface area contributed by atoms with Gasteiger partial charge in [0.2, 0.25) is 5.91 Å². The van der Waals surface area contributed by atoms with Gasteiger partial charge in [-0.1, -0.05) is 18.2 Å². The van der Waals surface area contributed by atoms with Crippen molar-refractivity contribution in [3.63, 3.8) is 0 Å². The van der Waals surface area contributed by atoms with E-state index in [1.807, 2.05) is 36.1 Å². The topological polar surface area (TPSA) is 78.9 Å². The van der Waals surface area contributed by atoms with E-state index in [1.165, 1.54) is 0 Å². The molecule has 1 amide bonds. The number of nitrogens with zero attached hydrogens (tertiary/aromatic N) is 1. The highest BCUT2D eigenvalue weighted by Crippen LogP contribution is 2.24. The minimum absolute atomic E-state index is 0. The van der Waals surface area contributed by atoms with Crippen LogP contribution in [-0.2, 0) is 9.59 Å². The molecule has 1 heterocycles. The van der Waals surface area contributed by atoms with Crippen molar-refractivity contribution in [3.05, 3.63) is 29.8 Å². The van der Waals surface area contributed by atoms with Gasteiger partial charge < -0.3 is 15.2 Å². The van der Waals surface area contributed by atoms with E-state index in [1.54, 1.807) is 7.11 Å². The van der Waals surface area contributed by atoms with E-state index in [0.717, 1.165) is 11.3 Å². The number of benzene rings is 1. The first-order chi connectivity index (χ1) is 10.5. The number of methoxy groups -OCH3 is 1. The fraction of sp³-hybridized carbons (Fsp3) is 0.500. The minimum atomic E-state index is -0.787. The molecule has 1 aliphatic heterocycles. The van der Waals surface area contributed by atoms with Crippen LogP contribution in [0.2, 0.25) is 0 Å². The third-order valence-corrected chi connectivity index (χ3v) is 3.97. The van der Waals surface area contributed by atoms with E-state index >= 15 is 0 Å². The average molecular weight is 343 g/mol. The molecule has 0 radical (unpaired) electrons. The van der Waals surface area contributed by atoms with Gasteiger partial charge in [0.1, 0.15) is 5.75 Å². The number of rotatable bonds is 6. The van der Waals surface area contributed by atoms with Gasteiger partial charge in [0.15, 0.2) is 0 Å². The molecule has 2 atom stereocenters. The number of hydrogen-bond acceptors (Lipinski definition) is 4. The Morgan fingerprint density at radius 1 is 1.43 bits per heavy atom. The molecule has 1 aromatic carbocycles. The molecule has 2 N–H and O–H groups in total. The van der Waals surface area contributed by atoms with Gasteiger partial charge in [0.05, 0.1) is 25.6 Å². The van der Waals surface area contributed by atoms with Crippen LogP contribution in [0.4, 0.5) is 0 Å². The van der Waals surface area contributed by atoms with Crippen LogP contribution in [0.15, 0.2) is 24.3 Å². The third-order valence-electron chi connectivity index (χ3n) is 3.97. The molecular formula is C16H23ClN2O4. The van der Waals surface area contributed by atoms with Gasteiger partial charge in [0.25, 0.3) is 0 Å². The number of amides is 1. The van der Waals surface area contributed by atoms with Gasteiger partial charge in [-0.05, 0) is 26.0 Å². The Hall–Kier alpha value is -1.79. The number of likely N-dealkylation sites (tertiary alicyclic amines) is 1. The maximum atomic E-state index is 12.1. The fourth-order valence-corrected chi connectivity index (χ4v) is 2.77. The van der Waals surface area contributed by atoms with E-state index in [-0.39, 0.29) is 36.8 Å². The molecule has 0 saturated carbocycles. The van der Waals surface area contributed by atoms with Crippen molar-refractivity contribution in [2.45, 2.75) is 19.4 Å². The summed E-state index contributed by atoms with van der Waals surface area (Å²) in [5.41, 5.74) is 0.920. The molecule has 2 unspecified atom stereocenters. The van der Waals surface area contributed by atoms with Crippen LogP contribution >= 0.6 is 12.4 Å². The number of carbonyl (C=O) groups is 2. The Labute approximate surface area is 142 Å². The Morgan fingerprint density at radius 3 is 2.74 bits per heavy atom. The highest BCUT2D eigenvalue weighted by molar-refractivity contribution is 5.85. The van der Waals surface area contributed by atoms with Crippen LogP contribution in [0.5, 0.6) is 5.75 Å². The number of carboxylic acids is 1. The monoisotopic (exact) mass is 342 g/mol. The van der Waals surface area contributed by atoms with Crippen molar-refractivity contribution in [2.75, 3.05) is 26.7 Å². The van der Waals surface area contributed by atoms with Crippen molar-refractivity contribution >= 4 is 24.3 Å². The zero-order valence-corrected chi connectivity index (χ0v) is 14.1. The summed E-state index contributed by atoms with van der Waals surface area (Å²) >= 11 is 0. The zero-order valence-electron chi connectivity index (χ0n) is 13.3. The predicted octanol–water partition coefficient (Wildman–Crippen LogP) is 1.70. The summed E-state index contributed by atoms with van der Waals surface area (Å²) in [6.07, 6.45) is 0.602. The van der Waals surface area contributed by atoms with Crippen molar-refractivity contribution in [1.82, 2.24) is 10.2 Å². The number of halogens is 1. The second-order valence-electron chi connectivity index (χ2n) is 5.59. The largest absolute Gasteiger partial charge is 0.496 e. The van der Waals surface area contributed by atoms with Gasteiger partial charge in [-0.25, -0.2) is 0 Å². The number of carbonyl (C=O) groups excluding carboxylic acids is 1. The van der Waals surface area contributed by atoms with Crippen LogP contribution in [0.3, 0.4) is 0 Å². The minimum Gasteiger partial charge on any atom is -0.496 e. The summed E-state index contributed by atoms with van der Waals surface area (Å²) in [4.78, 5) is 24.9. The molecule has 0 aromatic heterocycles. The van der Waals surface area contributed by atoms with Crippen LogP contribution in [0, 0.1) is 5.92 Å². The lowest BCUT2D eigenvalue weighted by atomic mass is 10.1. The van der Waals surface area contributed by atoms with Crippen LogP contribution in [0.25, 0.3) is 0 Å². The molecule has 0 bridgehead atoms. The number of ether oxygens (including phenoxy) is 1. The van der Waals surface area contributed by atoms with Gasteiger partial charge in [-0.2, -0.15) is 0 Å². The molecule has 7 heteroatoms. The van der Waals surface area contributed by atoms with E-state index < -0.39 is 5.97 Å². The molecule has 0 spiro atoms. The molecule has 0 aliphatic carbocycles. The summed E-state index contributed by atoms with van der Waals surface area (Å²) in [5.74, 6) is -0.517. The van der Waals surface area contributed by atoms with Crippen LogP contribution in [0.1, 0.15) is 24.9 Å². The van der Waals surface area contributed by atoms with Crippen molar-refractivity contribution in [1.29, 1.82) is 0 Å². The summed E-state index contributed by atoms with van der Waals surface area (Å²) in [5, 5.41) is 11.9. The number of para-hydroxylation sites is 1. The number of aliphatic carboxylic acids is 1. The molecule has 2 rings (SSSR count). The van der Waals surface area contributed by atoms with Gasteiger partial charge in [0, 0.05) is 12.1 Å². The predicted molar refractivity (Wildman–Crippen MR) is 89.0 cm³/mol. The number of carboxylic acid groups (broad SMARTS) is 1.